The molecule has 0 radical (unpaired) electrons. The van der Waals surface area contributed by atoms with Crippen molar-refractivity contribution < 1.29 is 4.74 Å². The van der Waals surface area contributed by atoms with E-state index in [1.54, 1.807) is 18.5 Å². The zero-order valence-electron chi connectivity index (χ0n) is 8.26. The van der Waals surface area contributed by atoms with Crippen molar-refractivity contribution in [2.75, 3.05) is 0 Å². The van der Waals surface area contributed by atoms with Crippen molar-refractivity contribution in [2.45, 2.75) is 0 Å². The molecular formula is C13H11NO. The Balaban J connectivity index is 2.21. The van der Waals surface area contributed by atoms with Crippen molar-refractivity contribution in [3.8, 4) is 11.5 Å². The number of aromatic nitrogens is 1. The van der Waals surface area contributed by atoms with Crippen molar-refractivity contribution in [1.29, 1.82) is 0 Å². The zero-order chi connectivity index (χ0) is 10.5. The summed E-state index contributed by atoms with van der Waals surface area (Å²) in [5, 5.41) is 0. The molecule has 1 heterocycles. The molecule has 0 unspecified atom stereocenters. The average molecular weight is 197 g/mol. The molecule has 0 amide bonds. The van der Waals surface area contributed by atoms with Crippen LogP contribution in [0.5, 0.6) is 11.5 Å². The second kappa shape index (κ2) is 4.42. The van der Waals surface area contributed by atoms with Gasteiger partial charge in [0.1, 0.15) is 11.5 Å². The minimum absolute atomic E-state index is 0.735. The highest BCUT2D eigenvalue weighted by atomic mass is 16.5. The predicted octanol–water partition coefficient (Wildman–Crippen LogP) is 3.52. The highest BCUT2D eigenvalue weighted by molar-refractivity contribution is 5.50. The van der Waals surface area contributed by atoms with Crippen molar-refractivity contribution in [1.82, 2.24) is 4.98 Å². The van der Waals surface area contributed by atoms with Gasteiger partial charge in [0.25, 0.3) is 0 Å². The molecule has 1 aromatic heterocycles. The molecular weight excluding hydrogens is 186 g/mol. The third-order valence-electron chi connectivity index (χ3n) is 1.96. The van der Waals surface area contributed by atoms with Crippen molar-refractivity contribution in [3.05, 3.63) is 60.9 Å². The number of hydrogen-bond donors (Lipinski definition) is 0. The van der Waals surface area contributed by atoms with Gasteiger partial charge in [0.05, 0.1) is 6.20 Å². The van der Waals surface area contributed by atoms with Crippen LogP contribution < -0.4 is 4.74 Å². The van der Waals surface area contributed by atoms with E-state index >= 15 is 0 Å². The lowest BCUT2D eigenvalue weighted by atomic mass is 10.2. The molecule has 0 spiro atoms. The maximum Gasteiger partial charge on any atom is 0.145 e. The van der Waals surface area contributed by atoms with E-state index in [1.165, 1.54) is 0 Å². The van der Waals surface area contributed by atoms with Gasteiger partial charge in [-0.1, -0.05) is 24.8 Å². The molecule has 0 N–H and O–H groups in total. The van der Waals surface area contributed by atoms with Crippen LogP contribution in [0.3, 0.4) is 0 Å². The van der Waals surface area contributed by atoms with Crippen LogP contribution in [0.15, 0.2) is 55.4 Å². The maximum atomic E-state index is 5.61. The maximum absolute atomic E-state index is 5.61. The van der Waals surface area contributed by atoms with Crippen molar-refractivity contribution in [3.63, 3.8) is 0 Å². The summed E-state index contributed by atoms with van der Waals surface area (Å²) in [5.74, 6) is 1.53. The molecule has 2 nitrogen and oxygen atoms in total. The number of pyridine rings is 1. The summed E-state index contributed by atoms with van der Waals surface area (Å²) >= 11 is 0. The molecule has 0 fully saturated rings. The van der Waals surface area contributed by atoms with Crippen LogP contribution in [0.25, 0.3) is 6.08 Å². The van der Waals surface area contributed by atoms with Crippen LogP contribution in [0, 0.1) is 0 Å². The van der Waals surface area contributed by atoms with Gasteiger partial charge in [0.2, 0.25) is 0 Å². The van der Waals surface area contributed by atoms with Crippen LogP contribution in [-0.2, 0) is 0 Å². The number of rotatable bonds is 3. The fraction of sp³-hybridized carbons (Fsp3) is 0. The molecule has 0 aliphatic rings. The van der Waals surface area contributed by atoms with Crippen LogP contribution in [0.2, 0.25) is 0 Å². The number of ether oxygens (including phenoxy) is 1. The van der Waals surface area contributed by atoms with E-state index in [0.29, 0.717) is 0 Å². The van der Waals surface area contributed by atoms with E-state index in [1.807, 2.05) is 36.4 Å². The average Bonchev–Trinajstić information content (AvgIpc) is 2.31. The normalized spacial score (nSPS) is 9.60. The highest BCUT2D eigenvalue weighted by Gasteiger charge is 1.96. The summed E-state index contributed by atoms with van der Waals surface area (Å²) in [7, 11) is 0. The predicted molar refractivity (Wildman–Crippen MR) is 60.8 cm³/mol. The first kappa shape index (κ1) is 9.46. The molecule has 0 aliphatic heterocycles. The van der Waals surface area contributed by atoms with Crippen molar-refractivity contribution >= 4 is 6.08 Å². The Hall–Kier alpha value is -2.09. The van der Waals surface area contributed by atoms with E-state index in [2.05, 4.69) is 11.6 Å². The van der Waals surface area contributed by atoms with Gasteiger partial charge in [-0.15, -0.1) is 0 Å². The van der Waals surface area contributed by atoms with E-state index in [4.69, 9.17) is 4.74 Å². The monoisotopic (exact) mass is 197 g/mol. The molecule has 0 bridgehead atoms. The molecule has 0 saturated heterocycles. The SMILES string of the molecule is C=Cc1cccc(Oc2cccnc2)c1. The van der Waals surface area contributed by atoms with Crippen LogP contribution in [-0.4, -0.2) is 4.98 Å². The van der Waals surface area contributed by atoms with Gasteiger partial charge in [-0.25, -0.2) is 0 Å². The second-order valence-electron chi connectivity index (χ2n) is 3.07. The molecule has 74 valence electrons. The van der Waals surface area contributed by atoms with Crippen LogP contribution in [0.1, 0.15) is 5.56 Å². The summed E-state index contributed by atoms with van der Waals surface area (Å²) in [6, 6.07) is 11.5. The molecule has 2 aromatic rings. The van der Waals surface area contributed by atoms with Gasteiger partial charge in [-0.3, -0.25) is 4.98 Å². The highest BCUT2D eigenvalue weighted by Crippen LogP contribution is 2.21. The lowest BCUT2D eigenvalue weighted by Crippen LogP contribution is -1.84. The minimum Gasteiger partial charge on any atom is -0.456 e. The Labute approximate surface area is 88.9 Å². The minimum atomic E-state index is 0.735. The Morgan fingerprint density at radius 1 is 1.13 bits per heavy atom. The van der Waals surface area contributed by atoms with E-state index in [-0.39, 0.29) is 0 Å². The molecule has 0 atom stereocenters. The first-order chi connectivity index (χ1) is 7.38. The standard InChI is InChI=1S/C13H11NO/c1-2-11-5-3-6-12(9-11)15-13-7-4-8-14-10-13/h2-10H,1H2. The number of benzene rings is 1. The molecule has 2 rings (SSSR count). The van der Waals surface area contributed by atoms with E-state index in [9.17, 15) is 0 Å². The Bertz CT molecular complexity index is 451. The Morgan fingerprint density at radius 3 is 2.73 bits per heavy atom. The molecule has 0 aliphatic carbocycles. The lowest BCUT2D eigenvalue weighted by Gasteiger charge is -2.05. The van der Waals surface area contributed by atoms with Gasteiger partial charge in [0, 0.05) is 6.20 Å². The summed E-state index contributed by atoms with van der Waals surface area (Å²) in [6.07, 6.45) is 5.18. The van der Waals surface area contributed by atoms with Gasteiger partial charge >= 0.3 is 0 Å². The topological polar surface area (TPSA) is 22.1 Å². The molecule has 1 aromatic carbocycles. The fourth-order valence-corrected chi connectivity index (χ4v) is 1.25. The van der Waals surface area contributed by atoms with Crippen LogP contribution >= 0.6 is 0 Å². The second-order valence-corrected chi connectivity index (χ2v) is 3.07. The zero-order valence-corrected chi connectivity index (χ0v) is 8.26. The van der Waals surface area contributed by atoms with Gasteiger partial charge in [-0.05, 0) is 29.8 Å². The Kier molecular flexibility index (Phi) is 2.79. The fourth-order valence-electron chi connectivity index (χ4n) is 1.25. The molecule has 15 heavy (non-hydrogen) atoms. The molecule has 0 saturated carbocycles. The smallest absolute Gasteiger partial charge is 0.145 e. The first-order valence-electron chi connectivity index (χ1n) is 4.69. The first-order valence-corrected chi connectivity index (χ1v) is 4.69. The molecule has 2 heteroatoms. The largest absolute Gasteiger partial charge is 0.456 e. The van der Waals surface area contributed by atoms with E-state index in [0.717, 1.165) is 17.1 Å². The van der Waals surface area contributed by atoms with Gasteiger partial charge in [-0.2, -0.15) is 0 Å². The van der Waals surface area contributed by atoms with Crippen molar-refractivity contribution in [2.24, 2.45) is 0 Å². The summed E-state index contributed by atoms with van der Waals surface area (Å²) < 4.78 is 5.61. The van der Waals surface area contributed by atoms with Crippen LogP contribution in [0.4, 0.5) is 0 Å². The third kappa shape index (κ3) is 2.44. The van der Waals surface area contributed by atoms with Gasteiger partial charge < -0.3 is 4.74 Å². The summed E-state index contributed by atoms with van der Waals surface area (Å²) in [6.45, 7) is 3.71. The summed E-state index contributed by atoms with van der Waals surface area (Å²) in [4.78, 5) is 3.98. The number of hydrogen-bond acceptors (Lipinski definition) is 2. The third-order valence-corrected chi connectivity index (χ3v) is 1.96. The van der Waals surface area contributed by atoms with Gasteiger partial charge in [0.15, 0.2) is 0 Å². The van der Waals surface area contributed by atoms with E-state index < -0.39 is 0 Å². The number of nitrogens with zero attached hydrogens (tertiary/aromatic N) is 1. The summed E-state index contributed by atoms with van der Waals surface area (Å²) in [5.41, 5.74) is 1.04. The lowest BCUT2D eigenvalue weighted by molar-refractivity contribution is 0.480. The Morgan fingerprint density at radius 2 is 2.00 bits per heavy atom. The quantitative estimate of drug-likeness (QED) is 0.751.